The number of halogens is 4. The summed E-state index contributed by atoms with van der Waals surface area (Å²) >= 11 is -3.00. The molecule has 0 aliphatic rings. The zero-order valence-corrected chi connectivity index (χ0v) is 8.50. The molecule has 0 aromatic rings. The fourth-order valence-corrected chi connectivity index (χ4v) is 0. The summed E-state index contributed by atoms with van der Waals surface area (Å²) in [6.45, 7) is 0. The molecule has 0 saturated carbocycles. The van der Waals surface area contributed by atoms with Crippen LogP contribution >= 0.6 is 36.8 Å². The molecule has 0 amide bonds. The maximum Gasteiger partial charge on any atom is 1.00 e. The van der Waals surface area contributed by atoms with Gasteiger partial charge in [-0.05, 0) is 0 Å². The maximum atomic E-state index is 5.00. The predicted octanol–water partition coefficient (Wildman–Crippen LogP) is -1.07. The molecule has 0 rings (SSSR count). The fourth-order valence-electron chi connectivity index (χ4n) is 0. The van der Waals surface area contributed by atoms with Gasteiger partial charge in [0, 0.05) is 0 Å². The van der Waals surface area contributed by atoms with E-state index in [1.54, 1.807) is 0 Å². The minimum atomic E-state index is -3.00. The Morgan fingerprint density at radius 3 is 0.857 bits per heavy atom. The van der Waals surface area contributed by atoms with E-state index in [2.05, 4.69) is 0 Å². The van der Waals surface area contributed by atoms with Gasteiger partial charge in [-0.25, -0.2) is 0 Å². The van der Waals surface area contributed by atoms with Crippen molar-refractivity contribution in [2.75, 3.05) is 0 Å². The first kappa shape index (κ1) is 16.2. The molecule has 0 heterocycles. The van der Waals surface area contributed by atoms with Gasteiger partial charge in [0.05, 0.1) is 0 Å². The van der Waals surface area contributed by atoms with Crippen LogP contribution in [-0.4, -0.2) is 5.48 Å². The number of rotatable bonds is 0. The van der Waals surface area contributed by atoms with Crippen molar-refractivity contribution >= 4 is 36.8 Å². The van der Waals surface area contributed by atoms with Crippen molar-refractivity contribution in [1.29, 1.82) is 0 Å². The third-order valence-electron chi connectivity index (χ3n) is 0. The van der Waals surface area contributed by atoms with Crippen LogP contribution in [0, 0.1) is 0 Å². The van der Waals surface area contributed by atoms with Crippen LogP contribution in [0.25, 0.3) is 0 Å². The van der Waals surface area contributed by atoms with Crippen LogP contribution < -0.4 is 18.9 Å². The average molecular weight is 364 g/mol. The van der Waals surface area contributed by atoms with Gasteiger partial charge >= 0.3 is 68.4 Å². The Morgan fingerprint density at radius 1 is 0.857 bits per heavy atom. The first-order valence-corrected chi connectivity index (χ1v) is 11.2. The van der Waals surface area contributed by atoms with Crippen molar-refractivity contribution in [3.63, 3.8) is 0 Å². The largest absolute Gasteiger partial charge is 1.00 e. The summed E-state index contributed by atoms with van der Waals surface area (Å²) < 4.78 is 0. The minimum Gasteiger partial charge on any atom is 1.00 e. The normalized spacial score (nSPS) is 10.9. The second-order valence-corrected chi connectivity index (χ2v) is 19.0. The zero-order valence-electron chi connectivity index (χ0n) is 3.31. The van der Waals surface area contributed by atoms with E-state index >= 15 is 0 Å². The molecule has 0 spiro atoms. The van der Waals surface area contributed by atoms with Gasteiger partial charge in [-0.3, -0.25) is 0 Å². The quantitative estimate of drug-likeness (QED) is 0.491. The molecule has 0 aliphatic heterocycles. The predicted molar refractivity (Wildman–Crippen MR) is 27.0 cm³/mol. The summed E-state index contributed by atoms with van der Waals surface area (Å²) in [5, 5.41) is 0. The summed E-state index contributed by atoms with van der Waals surface area (Å²) in [7, 11) is 20.0. The van der Waals surface area contributed by atoms with Crippen LogP contribution in [0.4, 0.5) is 0 Å². The second kappa shape index (κ2) is 6.58. The fraction of sp³-hybridized carbons (Fsp3) is 0. The summed E-state index contributed by atoms with van der Waals surface area (Å²) in [4.78, 5) is 0. The van der Waals surface area contributed by atoms with E-state index in [1.165, 1.54) is 0 Å². The molecule has 7 heavy (non-hydrogen) atoms. The van der Waals surface area contributed by atoms with E-state index in [0.29, 0.717) is 0 Å². The SMILES string of the molecule is O.[Cl][Au-]([Cl])([Cl])[Cl].[Li+]. The van der Waals surface area contributed by atoms with Gasteiger partial charge in [0.1, 0.15) is 0 Å². The summed E-state index contributed by atoms with van der Waals surface area (Å²) in [6, 6.07) is 0. The van der Waals surface area contributed by atoms with Crippen molar-refractivity contribution in [3.05, 3.63) is 0 Å². The third-order valence-corrected chi connectivity index (χ3v) is 0. The Balaban J connectivity index is -0.0000000800. The second-order valence-electron chi connectivity index (χ2n) is 0.258. The molecular weight excluding hydrogens is 362 g/mol. The van der Waals surface area contributed by atoms with E-state index in [1.807, 2.05) is 0 Å². The standard InChI is InChI=1S/Au.4ClH.Li.H2O/h;4*1H;;1H2/q+3;;;;;+1;/p-4. The van der Waals surface area contributed by atoms with Crippen molar-refractivity contribution in [3.8, 4) is 0 Å². The van der Waals surface area contributed by atoms with Gasteiger partial charge in [-0.2, -0.15) is 0 Å². The average Bonchev–Trinajstić information content (AvgIpc) is 0.722. The van der Waals surface area contributed by atoms with E-state index in [4.69, 9.17) is 36.8 Å². The van der Waals surface area contributed by atoms with Crippen molar-refractivity contribution in [2.24, 2.45) is 0 Å². The molecule has 0 bridgehead atoms. The summed E-state index contributed by atoms with van der Waals surface area (Å²) in [6.07, 6.45) is 0. The van der Waals surface area contributed by atoms with Gasteiger partial charge in [0.2, 0.25) is 0 Å². The van der Waals surface area contributed by atoms with Gasteiger partial charge in [-0.1, -0.05) is 0 Å². The van der Waals surface area contributed by atoms with Crippen molar-refractivity contribution in [1.82, 2.24) is 0 Å². The Kier molecular flexibility index (Phi) is 15.2. The van der Waals surface area contributed by atoms with E-state index in [-0.39, 0.29) is 24.3 Å². The molecule has 0 saturated heterocycles. The van der Waals surface area contributed by atoms with Gasteiger partial charge < -0.3 is 5.48 Å². The molecule has 0 atom stereocenters. The molecule has 0 fully saturated rings. The molecule has 7 heteroatoms. The maximum absolute atomic E-state index is 5.00. The van der Waals surface area contributed by atoms with Gasteiger partial charge in [0.15, 0.2) is 0 Å². The minimum absolute atomic E-state index is 0. The Hall–Kier alpha value is 2.46. The van der Waals surface area contributed by atoms with Crippen LogP contribution in [0.2, 0.25) is 0 Å². The van der Waals surface area contributed by atoms with Crippen molar-refractivity contribution < 1.29 is 37.1 Å². The van der Waals surface area contributed by atoms with Gasteiger partial charge in [-0.15, -0.1) is 0 Å². The third kappa shape index (κ3) is 58.4. The van der Waals surface area contributed by atoms with Crippen LogP contribution in [0.1, 0.15) is 0 Å². The van der Waals surface area contributed by atoms with Crippen LogP contribution in [0.15, 0.2) is 0 Å². The Morgan fingerprint density at radius 2 is 0.857 bits per heavy atom. The number of hydrogen-bond donors (Lipinski definition) is 0. The molecule has 1 nitrogen and oxygen atoms in total. The molecular formula is H2AuCl4LiO. The van der Waals surface area contributed by atoms with E-state index < -0.39 is 12.8 Å². The van der Waals surface area contributed by atoms with Crippen molar-refractivity contribution in [2.45, 2.75) is 0 Å². The molecule has 0 aliphatic carbocycles. The molecule has 0 unspecified atom stereocenters. The van der Waals surface area contributed by atoms with Crippen LogP contribution in [0.5, 0.6) is 0 Å². The van der Waals surface area contributed by atoms with Crippen LogP contribution in [0.3, 0.4) is 0 Å². The molecule has 48 valence electrons. The van der Waals surface area contributed by atoms with E-state index in [0.717, 1.165) is 0 Å². The zero-order chi connectivity index (χ0) is 4.50. The monoisotopic (exact) mass is 362 g/mol. The van der Waals surface area contributed by atoms with Crippen LogP contribution in [-0.2, 0) is 12.8 Å². The smallest absolute Gasteiger partial charge is 1.00 e. The summed E-state index contributed by atoms with van der Waals surface area (Å²) in [5.41, 5.74) is 0. The molecule has 2 N–H and O–H groups in total. The topological polar surface area (TPSA) is 31.5 Å². The molecule has 0 aromatic carbocycles. The first-order chi connectivity index (χ1) is 2.00. The Labute approximate surface area is 72.9 Å². The first-order valence-electron chi connectivity index (χ1n) is 0.456. The van der Waals surface area contributed by atoms with Gasteiger partial charge in [0.25, 0.3) is 0 Å². The van der Waals surface area contributed by atoms with E-state index in [9.17, 15) is 0 Å². The molecule has 0 aromatic heterocycles. The number of hydrogen-bond acceptors (Lipinski definition) is 0. The summed E-state index contributed by atoms with van der Waals surface area (Å²) in [5.74, 6) is 0. The molecule has 0 radical (unpaired) electrons. The Bertz CT molecular complexity index is 27.2.